The Morgan fingerprint density at radius 3 is 1.76 bits per heavy atom. The minimum absolute atomic E-state index is 0.981. The molecule has 9 rings (SSSR count). The zero-order valence-corrected chi connectivity index (χ0v) is 23.2. The van der Waals surface area contributed by atoms with Crippen LogP contribution in [0.4, 0.5) is 0 Å². The van der Waals surface area contributed by atoms with Crippen LogP contribution in [0.25, 0.3) is 71.3 Å². The van der Waals surface area contributed by atoms with Gasteiger partial charge in [-0.05, 0) is 71.2 Å². The highest BCUT2D eigenvalue weighted by atomic mass is 15.0. The van der Waals surface area contributed by atoms with Crippen LogP contribution < -0.4 is 0 Å². The molecule has 0 unspecified atom stereocenters. The molecule has 2 heteroatoms. The lowest BCUT2D eigenvalue weighted by Gasteiger charge is -2.19. The SMILES string of the molecule is C1=C(c2ccc3ccccc3c2)CCC(n2c3ccccc3c3ccc4c5ccccc5n(-c5ccccc5)c4c32)=C1. The molecule has 0 saturated heterocycles. The first-order valence-corrected chi connectivity index (χ1v) is 14.8. The summed E-state index contributed by atoms with van der Waals surface area (Å²) in [4.78, 5) is 0. The van der Waals surface area contributed by atoms with Gasteiger partial charge in [-0.3, -0.25) is 0 Å². The summed E-state index contributed by atoms with van der Waals surface area (Å²) in [5.41, 5.74) is 10.3. The molecule has 0 radical (unpaired) electrons. The molecule has 0 fully saturated rings. The zero-order valence-electron chi connectivity index (χ0n) is 23.2. The van der Waals surface area contributed by atoms with Gasteiger partial charge in [-0.1, -0.05) is 109 Å². The fourth-order valence-electron chi connectivity index (χ4n) is 7.09. The Balaban J connectivity index is 1.34. The Morgan fingerprint density at radius 1 is 0.429 bits per heavy atom. The molecule has 2 heterocycles. The minimum Gasteiger partial charge on any atom is -0.311 e. The van der Waals surface area contributed by atoms with Gasteiger partial charge >= 0.3 is 0 Å². The van der Waals surface area contributed by atoms with Crippen molar-refractivity contribution in [3.05, 3.63) is 151 Å². The molecule has 0 bridgehead atoms. The number of fused-ring (bicyclic) bond motifs is 8. The summed E-state index contributed by atoms with van der Waals surface area (Å²) < 4.78 is 5.00. The summed E-state index contributed by atoms with van der Waals surface area (Å²) in [6.07, 6.45) is 6.69. The molecule has 0 N–H and O–H groups in total. The van der Waals surface area contributed by atoms with E-state index in [1.54, 1.807) is 0 Å². The van der Waals surface area contributed by atoms with Crippen molar-refractivity contribution in [2.45, 2.75) is 12.8 Å². The summed E-state index contributed by atoms with van der Waals surface area (Å²) in [6.45, 7) is 0. The van der Waals surface area contributed by atoms with Gasteiger partial charge < -0.3 is 9.13 Å². The van der Waals surface area contributed by atoms with Crippen LogP contribution in [0.5, 0.6) is 0 Å². The lowest BCUT2D eigenvalue weighted by atomic mass is 9.94. The quantitative estimate of drug-likeness (QED) is 0.213. The number of rotatable bonds is 3. The maximum Gasteiger partial charge on any atom is 0.0788 e. The van der Waals surface area contributed by atoms with Gasteiger partial charge in [-0.25, -0.2) is 0 Å². The van der Waals surface area contributed by atoms with E-state index in [9.17, 15) is 0 Å². The van der Waals surface area contributed by atoms with Crippen molar-refractivity contribution in [1.82, 2.24) is 9.13 Å². The number of aromatic nitrogens is 2. The van der Waals surface area contributed by atoms with Gasteiger partial charge in [0.2, 0.25) is 0 Å². The van der Waals surface area contributed by atoms with Crippen molar-refractivity contribution in [3.8, 4) is 5.69 Å². The minimum atomic E-state index is 0.981. The predicted molar refractivity (Wildman–Crippen MR) is 179 cm³/mol. The van der Waals surface area contributed by atoms with Crippen LogP contribution in [0.2, 0.25) is 0 Å². The Bertz CT molecular complexity index is 2400. The van der Waals surface area contributed by atoms with Crippen molar-refractivity contribution in [2.75, 3.05) is 0 Å². The second kappa shape index (κ2) is 9.09. The Morgan fingerprint density at radius 2 is 1.05 bits per heavy atom. The van der Waals surface area contributed by atoms with E-state index in [2.05, 4.69) is 155 Å². The molecule has 2 aromatic heterocycles. The van der Waals surface area contributed by atoms with Crippen LogP contribution in [0, 0.1) is 0 Å². The molecule has 1 aliphatic carbocycles. The van der Waals surface area contributed by atoms with E-state index in [0.717, 1.165) is 12.8 Å². The Hall–Kier alpha value is -5.34. The highest BCUT2D eigenvalue weighted by Gasteiger charge is 2.22. The van der Waals surface area contributed by atoms with E-state index in [4.69, 9.17) is 0 Å². The van der Waals surface area contributed by atoms with Gasteiger partial charge in [0.05, 0.1) is 22.1 Å². The van der Waals surface area contributed by atoms with Crippen LogP contribution in [0.3, 0.4) is 0 Å². The van der Waals surface area contributed by atoms with Crippen LogP contribution in [0.1, 0.15) is 18.4 Å². The maximum atomic E-state index is 2.54. The van der Waals surface area contributed by atoms with Gasteiger partial charge in [0.15, 0.2) is 0 Å². The monoisotopic (exact) mass is 536 g/mol. The normalized spacial score (nSPS) is 13.8. The molecular formula is C40H28N2. The molecule has 0 spiro atoms. The van der Waals surface area contributed by atoms with E-state index in [0.29, 0.717) is 0 Å². The molecule has 198 valence electrons. The second-order valence-electron chi connectivity index (χ2n) is 11.3. The third kappa shape index (κ3) is 3.39. The van der Waals surface area contributed by atoms with Gasteiger partial charge in [0.25, 0.3) is 0 Å². The first-order chi connectivity index (χ1) is 20.8. The molecular weight excluding hydrogens is 508 g/mol. The molecule has 6 aromatic carbocycles. The van der Waals surface area contributed by atoms with Crippen LogP contribution >= 0.6 is 0 Å². The van der Waals surface area contributed by atoms with Crippen LogP contribution in [0.15, 0.2) is 146 Å². The first kappa shape index (κ1) is 23.4. The second-order valence-corrected chi connectivity index (χ2v) is 11.3. The smallest absolute Gasteiger partial charge is 0.0788 e. The van der Waals surface area contributed by atoms with Crippen molar-refractivity contribution < 1.29 is 0 Å². The first-order valence-electron chi connectivity index (χ1n) is 14.8. The summed E-state index contributed by atoms with van der Waals surface area (Å²) in [5, 5.41) is 7.75. The lowest BCUT2D eigenvalue weighted by Crippen LogP contribution is -2.03. The maximum absolute atomic E-state index is 2.54. The summed E-state index contributed by atoms with van der Waals surface area (Å²) in [5.74, 6) is 0. The fourth-order valence-corrected chi connectivity index (χ4v) is 7.09. The number of hydrogen-bond acceptors (Lipinski definition) is 0. The molecule has 1 aliphatic rings. The molecule has 0 atom stereocenters. The van der Waals surface area contributed by atoms with E-state index in [1.165, 1.54) is 76.9 Å². The highest BCUT2D eigenvalue weighted by molar-refractivity contribution is 6.24. The van der Waals surface area contributed by atoms with Crippen molar-refractivity contribution >= 4 is 65.7 Å². The number of hydrogen-bond donors (Lipinski definition) is 0. The highest BCUT2D eigenvalue weighted by Crippen LogP contribution is 2.43. The fraction of sp³-hybridized carbons (Fsp3) is 0.0500. The van der Waals surface area contributed by atoms with Crippen LogP contribution in [-0.4, -0.2) is 9.13 Å². The van der Waals surface area contributed by atoms with Gasteiger partial charge in [0, 0.05) is 32.9 Å². The average molecular weight is 537 g/mol. The molecule has 8 aromatic rings. The largest absolute Gasteiger partial charge is 0.311 e. The summed E-state index contributed by atoms with van der Waals surface area (Å²) in [7, 11) is 0. The molecule has 0 saturated carbocycles. The van der Waals surface area contributed by atoms with Crippen molar-refractivity contribution in [1.29, 1.82) is 0 Å². The summed E-state index contributed by atoms with van der Waals surface area (Å²) >= 11 is 0. The van der Waals surface area contributed by atoms with Crippen LogP contribution in [-0.2, 0) is 0 Å². The van der Waals surface area contributed by atoms with Crippen molar-refractivity contribution in [2.24, 2.45) is 0 Å². The number of allylic oxidation sites excluding steroid dienone is 4. The summed E-state index contributed by atoms with van der Waals surface area (Å²) in [6, 6.07) is 48.6. The van der Waals surface area contributed by atoms with Crippen molar-refractivity contribution in [3.63, 3.8) is 0 Å². The number of benzene rings is 6. The van der Waals surface area contributed by atoms with E-state index >= 15 is 0 Å². The zero-order chi connectivity index (χ0) is 27.6. The van der Waals surface area contributed by atoms with E-state index in [1.807, 2.05) is 0 Å². The molecule has 0 amide bonds. The topological polar surface area (TPSA) is 9.86 Å². The predicted octanol–water partition coefficient (Wildman–Crippen LogP) is 10.8. The number of nitrogens with zero attached hydrogens (tertiary/aromatic N) is 2. The Kier molecular flexibility index (Phi) is 5.06. The average Bonchev–Trinajstić information content (AvgIpc) is 3.58. The third-order valence-electron chi connectivity index (χ3n) is 9.02. The van der Waals surface area contributed by atoms with Gasteiger partial charge in [-0.2, -0.15) is 0 Å². The number of para-hydroxylation sites is 3. The van der Waals surface area contributed by atoms with E-state index in [-0.39, 0.29) is 0 Å². The standard InChI is InChI=1S/C40H28N2/c1-2-12-31(13-3-1)41-37-16-8-6-14-33(37)35-24-25-36-34-15-7-9-17-38(34)42(40(36)39(35)41)32-22-20-28(21-23-32)30-19-18-27-10-4-5-11-29(27)26-30/h1-20,22,24-26H,21,23H2. The van der Waals surface area contributed by atoms with Gasteiger partial charge in [-0.15, -0.1) is 0 Å². The molecule has 2 nitrogen and oxygen atoms in total. The van der Waals surface area contributed by atoms with Gasteiger partial charge in [0.1, 0.15) is 0 Å². The van der Waals surface area contributed by atoms with E-state index < -0.39 is 0 Å². The Labute approximate surface area is 244 Å². The molecule has 0 aliphatic heterocycles. The molecule has 42 heavy (non-hydrogen) atoms. The lowest BCUT2D eigenvalue weighted by molar-refractivity contribution is 0.992. The third-order valence-corrected chi connectivity index (χ3v) is 9.02.